The van der Waals surface area contributed by atoms with Crippen molar-refractivity contribution < 1.29 is 19.4 Å². The molecule has 2 aromatic rings. The van der Waals surface area contributed by atoms with Gasteiger partial charge in [-0.1, -0.05) is 6.92 Å². The van der Waals surface area contributed by atoms with Crippen LogP contribution in [-0.2, 0) is 4.79 Å². The van der Waals surface area contributed by atoms with Crippen molar-refractivity contribution in [3.63, 3.8) is 0 Å². The lowest BCUT2D eigenvalue weighted by atomic mass is 10.2. The number of carboxylic acids is 1. The molecule has 0 aliphatic carbocycles. The van der Waals surface area contributed by atoms with Gasteiger partial charge in [0, 0.05) is 10.9 Å². The van der Waals surface area contributed by atoms with Gasteiger partial charge in [-0.25, -0.2) is 4.98 Å². The summed E-state index contributed by atoms with van der Waals surface area (Å²) in [5.41, 5.74) is 1.09. The van der Waals surface area contributed by atoms with Crippen LogP contribution >= 0.6 is 11.3 Å². The quantitative estimate of drug-likeness (QED) is 0.813. The number of hydrogen-bond acceptors (Lipinski definition) is 5. The summed E-state index contributed by atoms with van der Waals surface area (Å²) in [5.74, 6) is -0.790. The lowest BCUT2D eigenvalue weighted by molar-refractivity contribution is -0.138. The van der Waals surface area contributed by atoms with E-state index in [2.05, 4.69) is 10.3 Å². The second kappa shape index (κ2) is 7.73. The first-order chi connectivity index (χ1) is 11.0. The summed E-state index contributed by atoms with van der Waals surface area (Å²) in [5, 5.41) is 13.5. The van der Waals surface area contributed by atoms with E-state index in [1.54, 1.807) is 5.38 Å². The van der Waals surface area contributed by atoms with Gasteiger partial charge in [0.1, 0.15) is 22.5 Å². The number of benzene rings is 1. The van der Waals surface area contributed by atoms with Gasteiger partial charge < -0.3 is 15.2 Å². The summed E-state index contributed by atoms with van der Waals surface area (Å²) in [7, 11) is 0. The molecule has 0 saturated carbocycles. The molecule has 2 N–H and O–H groups in total. The Morgan fingerprint density at radius 3 is 2.65 bits per heavy atom. The molecule has 0 radical (unpaired) electrons. The normalized spacial score (nSPS) is 11.7. The third-order valence-electron chi connectivity index (χ3n) is 3.03. The van der Waals surface area contributed by atoms with Gasteiger partial charge in [-0.3, -0.25) is 9.59 Å². The number of hydrogen-bond donors (Lipinski definition) is 2. The molecule has 6 nitrogen and oxygen atoms in total. The highest BCUT2D eigenvalue weighted by molar-refractivity contribution is 7.13. The molecule has 0 bridgehead atoms. The molecule has 1 aromatic carbocycles. The highest BCUT2D eigenvalue weighted by Crippen LogP contribution is 2.25. The van der Waals surface area contributed by atoms with E-state index in [0.717, 1.165) is 17.7 Å². The Bertz CT molecular complexity index is 682. The highest BCUT2D eigenvalue weighted by atomic mass is 32.1. The molecule has 7 heteroatoms. The number of aliphatic carboxylic acids is 1. The molecule has 1 aromatic heterocycles. The van der Waals surface area contributed by atoms with Gasteiger partial charge in [-0.05, 0) is 37.6 Å². The van der Waals surface area contributed by atoms with Crippen LogP contribution in [0.1, 0.15) is 30.8 Å². The Hall–Kier alpha value is -2.41. The molecule has 23 heavy (non-hydrogen) atoms. The maximum absolute atomic E-state index is 11.9. The van der Waals surface area contributed by atoms with Gasteiger partial charge in [0.05, 0.1) is 6.61 Å². The number of carbonyl (C=O) groups is 2. The van der Waals surface area contributed by atoms with E-state index in [-0.39, 0.29) is 5.69 Å². The van der Waals surface area contributed by atoms with Crippen LogP contribution in [0.2, 0.25) is 0 Å². The van der Waals surface area contributed by atoms with Gasteiger partial charge >= 0.3 is 5.97 Å². The largest absolute Gasteiger partial charge is 0.494 e. The second-order valence-corrected chi connectivity index (χ2v) is 5.80. The van der Waals surface area contributed by atoms with E-state index >= 15 is 0 Å². The number of thiazole rings is 1. The van der Waals surface area contributed by atoms with Gasteiger partial charge in [0.15, 0.2) is 0 Å². The second-order valence-electron chi connectivity index (χ2n) is 4.94. The number of amides is 1. The van der Waals surface area contributed by atoms with Crippen LogP contribution in [0.15, 0.2) is 29.6 Å². The van der Waals surface area contributed by atoms with Crippen LogP contribution in [0, 0.1) is 0 Å². The average Bonchev–Trinajstić information content (AvgIpc) is 3.03. The molecular formula is C16H18N2O4S. The average molecular weight is 334 g/mol. The number of carboxylic acid groups (broad SMARTS) is 1. The fraction of sp³-hybridized carbons (Fsp3) is 0.312. The molecule has 122 valence electrons. The van der Waals surface area contributed by atoms with Crippen molar-refractivity contribution in [1.29, 1.82) is 0 Å². The Morgan fingerprint density at radius 1 is 1.35 bits per heavy atom. The van der Waals surface area contributed by atoms with E-state index in [1.807, 2.05) is 31.2 Å². The molecule has 0 aliphatic heterocycles. The SMILES string of the molecule is CCCOc1ccc(-c2nc(C(=O)N[C@H](C)C(=O)O)cs2)cc1. The topological polar surface area (TPSA) is 88.5 Å². The predicted octanol–water partition coefficient (Wildman–Crippen LogP) is 2.80. The summed E-state index contributed by atoms with van der Waals surface area (Å²) >= 11 is 1.33. The highest BCUT2D eigenvalue weighted by Gasteiger charge is 2.17. The van der Waals surface area contributed by atoms with Crippen molar-refractivity contribution in [1.82, 2.24) is 10.3 Å². The Morgan fingerprint density at radius 2 is 2.04 bits per heavy atom. The first-order valence-corrected chi connectivity index (χ1v) is 8.11. The van der Waals surface area contributed by atoms with Gasteiger partial charge in [-0.2, -0.15) is 0 Å². The third kappa shape index (κ3) is 4.53. The molecule has 1 heterocycles. The molecule has 2 rings (SSSR count). The Kier molecular flexibility index (Phi) is 5.70. The lowest BCUT2D eigenvalue weighted by Gasteiger charge is -2.07. The lowest BCUT2D eigenvalue weighted by Crippen LogP contribution is -2.38. The van der Waals surface area contributed by atoms with Crippen molar-refractivity contribution >= 4 is 23.2 Å². The number of carbonyl (C=O) groups excluding carboxylic acids is 1. The van der Waals surface area contributed by atoms with E-state index in [0.29, 0.717) is 11.6 Å². The molecule has 0 spiro atoms. The zero-order valence-electron chi connectivity index (χ0n) is 12.9. The van der Waals surface area contributed by atoms with Crippen LogP contribution in [0.4, 0.5) is 0 Å². The van der Waals surface area contributed by atoms with Crippen LogP contribution in [0.25, 0.3) is 10.6 Å². The molecule has 0 aliphatic rings. The number of rotatable bonds is 7. The zero-order chi connectivity index (χ0) is 16.8. The zero-order valence-corrected chi connectivity index (χ0v) is 13.7. The van der Waals surface area contributed by atoms with Crippen LogP contribution < -0.4 is 10.1 Å². The summed E-state index contributed by atoms with van der Waals surface area (Å²) in [6, 6.07) is 6.52. The standard InChI is InChI=1S/C16H18N2O4S/c1-3-8-22-12-6-4-11(5-7-12)15-18-13(9-23-15)14(19)17-10(2)16(20)21/h4-7,9-10H,3,8H2,1-2H3,(H,17,19)(H,20,21)/t10-/m1/s1. The fourth-order valence-electron chi connectivity index (χ4n) is 1.76. The van der Waals surface area contributed by atoms with Crippen molar-refractivity contribution in [2.75, 3.05) is 6.61 Å². The first-order valence-electron chi connectivity index (χ1n) is 7.23. The molecule has 0 saturated heterocycles. The molecular weight excluding hydrogens is 316 g/mol. The molecule has 1 amide bonds. The van der Waals surface area contributed by atoms with Gasteiger partial charge in [0.2, 0.25) is 0 Å². The Balaban J connectivity index is 2.06. The maximum atomic E-state index is 11.9. The van der Waals surface area contributed by atoms with Crippen LogP contribution in [0.5, 0.6) is 5.75 Å². The van der Waals surface area contributed by atoms with Crippen LogP contribution in [0.3, 0.4) is 0 Å². The predicted molar refractivity (Wildman–Crippen MR) is 87.9 cm³/mol. The van der Waals surface area contributed by atoms with Crippen molar-refractivity contribution in [2.24, 2.45) is 0 Å². The van der Waals surface area contributed by atoms with Gasteiger partial charge in [0.25, 0.3) is 5.91 Å². The van der Waals surface area contributed by atoms with Crippen LogP contribution in [-0.4, -0.2) is 34.6 Å². The monoisotopic (exact) mass is 334 g/mol. The van der Waals surface area contributed by atoms with Crippen molar-refractivity contribution in [3.05, 3.63) is 35.3 Å². The van der Waals surface area contributed by atoms with Gasteiger partial charge in [-0.15, -0.1) is 11.3 Å². The fourth-order valence-corrected chi connectivity index (χ4v) is 2.56. The number of nitrogens with one attached hydrogen (secondary N) is 1. The number of aromatic nitrogens is 1. The first kappa shape index (κ1) is 17.0. The van der Waals surface area contributed by atoms with E-state index in [9.17, 15) is 9.59 Å². The Labute approximate surface area is 138 Å². The smallest absolute Gasteiger partial charge is 0.325 e. The molecule has 0 unspecified atom stereocenters. The molecule has 0 fully saturated rings. The summed E-state index contributed by atoms with van der Waals surface area (Å²) < 4.78 is 5.52. The van der Waals surface area contributed by atoms with E-state index in [1.165, 1.54) is 18.3 Å². The molecule has 1 atom stereocenters. The number of ether oxygens (including phenoxy) is 1. The third-order valence-corrected chi connectivity index (χ3v) is 3.92. The maximum Gasteiger partial charge on any atom is 0.325 e. The summed E-state index contributed by atoms with van der Waals surface area (Å²) in [4.78, 5) is 26.9. The van der Waals surface area contributed by atoms with E-state index < -0.39 is 17.9 Å². The minimum atomic E-state index is -1.09. The summed E-state index contributed by atoms with van der Waals surface area (Å²) in [6.45, 7) is 4.12. The minimum Gasteiger partial charge on any atom is -0.494 e. The van der Waals surface area contributed by atoms with Crippen molar-refractivity contribution in [2.45, 2.75) is 26.3 Å². The summed E-state index contributed by atoms with van der Waals surface area (Å²) in [6.07, 6.45) is 0.946. The number of nitrogens with zero attached hydrogens (tertiary/aromatic N) is 1. The van der Waals surface area contributed by atoms with E-state index in [4.69, 9.17) is 9.84 Å². The minimum absolute atomic E-state index is 0.212. The van der Waals surface area contributed by atoms with Crippen molar-refractivity contribution in [3.8, 4) is 16.3 Å².